The maximum Gasteiger partial charge on any atom is 0.232 e. The largest absolute Gasteiger partial charge is 0.470 e. The zero-order valence-electron chi connectivity index (χ0n) is 30.4. The van der Waals surface area contributed by atoms with Crippen molar-refractivity contribution in [1.29, 1.82) is 10.8 Å². The molecule has 0 aliphatic carbocycles. The van der Waals surface area contributed by atoms with Gasteiger partial charge in [0.1, 0.15) is 28.6 Å². The summed E-state index contributed by atoms with van der Waals surface area (Å²) >= 11 is 0. The smallest absolute Gasteiger partial charge is 0.232 e. The molecule has 0 unspecified atom stereocenters. The number of nitrogens with one attached hydrogen (secondary N) is 2. The summed E-state index contributed by atoms with van der Waals surface area (Å²) in [5.41, 5.74) is 5.23. The number of nitrogens with zero attached hydrogens (tertiary/aromatic N) is 3. The number of benzene rings is 3. The molecule has 1 aliphatic rings. The maximum absolute atomic E-state index is 14.7. The molecule has 3 aromatic heterocycles. The van der Waals surface area contributed by atoms with Gasteiger partial charge >= 0.3 is 0 Å². The summed E-state index contributed by atoms with van der Waals surface area (Å²) in [5, 5.41) is 17.0. The first kappa shape index (κ1) is 38.3. The lowest BCUT2D eigenvalue weighted by Crippen LogP contribution is -2.25. The molecule has 6 aromatic rings. The maximum atomic E-state index is 14.7. The second kappa shape index (κ2) is 16.0. The van der Waals surface area contributed by atoms with Crippen molar-refractivity contribution in [3.8, 4) is 39.7 Å². The number of rotatable bonds is 6. The summed E-state index contributed by atoms with van der Waals surface area (Å²) < 4.78 is 60.8. The van der Waals surface area contributed by atoms with Crippen LogP contribution in [0.1, 0.15) is 52.7 Å². The third-order valence-electron chi connectivity index (χ3n) is 7.98. The van der Waals surface area contributed by atoms with Gasteiger partial charge < -0.3 is 18.5 Å². The average molecular weight is 714 g/mol. The van der Waals surface area contributed by atoms with Crippen molar-refractivity contribution in [2.24, 2.45) is 0 Å². The summed E-state index contributed by atoms with van der Waals surface area (Å²) in [4.78, 5) is 4.93. The normalized spacial score (nSPS) is 11.3. The molecule has 0 bridgehead atoms. The minimum absolute atomic E-state index is 0.180. The molecule has 0 spiro atoms. The Bertz CT molecular complexity index is 2310. The van der Waals surface area contributed by atoms with E-state index in [-0.39, 0.29) is 24.1 Å². The van der Waals surface area contributed by atoms with Gasteiger partial charge in [-0.3, -0.25) is 15.1 Å². The summed E-state index contributed by atoms with van der Waals surface area (Å²) in [5.74, 6) is 0.162. The zero-order valence-corrected chi connectivity index (χ0v) is 31.2. The fourth-order valence-corrected chi connectivity index (χ4v) is 6.15. The van der Waals surface area contributed by atoms with E-state index in [0.29, 0.717) is 73.6 Å². The van der Waals surface area contributed by atoms with Gasteiger partial charge in [-0.25, -0.2) is 17.8 Å². The minimum atomic E-state index is -3.73. The van der Waals surface area contributed by atoms with Gasteiger partial charge in [0.05, 0.1) is 34.4 Å². The molecule has 12 heteroatoms. The third kappa shape index (κ3) is 7.23. The second-order valence-corrected chi connectivity index (χ2v) is 12.8. The Labute approximate surface area is 298 Å². The molecular weight excluding hydrogens is 670 g/mol. The predicted molar refractivity (Wildman–Crippen MR) is 205 cm³/mol. The standard InChI is InChI=1S/C33H26FN5O5S.3C2H6/c1-18-7-9-19(10-8-18)32-30(33(36)42-16-35)22-13-21(26(15-29(22)44-32)38(2)45(3,40)41)24-11-12-28-31(37-24)27-14-20-23(34)5-4-6-25(20)39(27)17-43-28;3*1-2/h4-16,35-36H,17H2,1-3H3;3*1-2H3. The van der Waals surface area contributed by atoms with Gasteiger partial charge in [-0.2, -0.15) is 0 Å². The zero-order chi connectivity index (χ0) is 37.6. The molecule has 2 N–H and O–H groups in total. The highest BCUT2D eigenvalue weighted by molar-refractivity contribution is 7.92. The lowest BCUT2D eigenvalue weighted by molar-refractivity contribution is 0.234. The van der Waals surface area contributed by atoms with Gasteiger partial charge in [0.2, 0.25) is 15.9 Å². The van der Waals surface area contributed by atoms with E-state index in [4.69, 9.17) is 29.7 Å². The Kier molecular flexibility index (Phi) is 12.0. The van der Waals surface area contributed by atoms with E-state index in [2.05, 4.69) is 0 Å². The van der Waals surface area contributed by atoms with E-state index in [0.717, 1.165) is 16.1 Å². The highest BCUT2D eigenvalue weighted by Gasteiger charge is 2.28. The lowest BCUT2D eigenvalue weighted by atomic mass is 10.0. The molecular formula is C39H44FN5O5S. The number of aromatic nitrogens is 2. The van der Waals surface area contributed by atoms with E-state index in [1.165, 1.54) is 13.1 Å². The van der Waals surface area contributed by atoms with Gasteiger partial charge in [-0.15, -0.1) is 0 Å². The van der Waals surface area contributed by atoms with Gasteiger partial charge in [0.25, 0.3) is 0 Å². The monoisotopic (exact) mass is 713 g/mol. The quantitative estimate of drug-likeness (QED) is 0.130. The van der Waals surface area contributed by atoms with Crippen molar-refractivity contribution in [3.63, 3.8) is 0 Å². The van der Waals surface area contributed by atoms with Crippen LogP contribution in [0.25, 0.3) is 55.8 Å². The van der Waals surface area contributed by atoms with Crippen LogP contribution in [0.15, 0.2) is 77.2 Å². The molecule has 3 aromatic carbocycles. The van der Waals surface area contributed by atoms with E-state index in [1.54, 1.807) is 36.4 Å². The Balaban J connectivity index is 0.000000925. The molecule has 0 atom stereocenters. The van der Waals surface area contributed by atoms with Crippen molar-refractivity contribution in [2.45, 2.75) is 55.2 Å². The van der Waals surface area contributed by atoms with Crippen LogP contribution in [-0.2, 0) is 21.5 Å². The molecule has 0 saturated heterocycles. The molecule has 4 heterocycles. The molecule has 0 saturated carbocycles. The number of hydrogen-bond donors (Lipinski definition) is 2. The molecule has 268 valence electrons. The first-order valence-electron chi connectivity index (χ1n) is 16.8. The van der Waals surface area contributed by atoms with Crippen molar-refractivity contribution < 1.29 is 26.7 Å². The van der Waals surface area contributed by atoms with Crippen LogP contribution < -0.4 is 9.04 Å². The predicted octanol–water partition coefficient (Wildman–Crippen LogP) is 10.0. The van der Waals surface area contributed by atoms with Gasteiger partial charge in [0.15, 0.2) is 13.1 Å². The molecule has 51 heavy (non-hydrogen) atoms. The highest BCUT2D eigenvalue weighted by atomic mass is 32.2. The molecule has 0 radical (unpaired) electrons. The van der Waals surface area contributed by atoms with E-state index >= 15 is 0 Å². The Morgan fingerprint density at radius 1 is 0.980 bits per heavy atom. The first-order valence-corrected chi connectivity index (χ1v) is 18.7. The fraction of sp³-hybridized carbons (Fsp3) is 0.256. The van der Waals surface area contributed by atoms with Crippen LogP contribution in [0.2, 0.25) is 0 Å². The molecule has 0 fully saturated rings. The van der Waals surface area contributed by atoms with Crippen LogP contribution >= 0.6 is 0 Å². The number of fused-ring (bicyclic) bond motifs is 6. The number of aryl methyl sites for hydroxylation is 1. The van der Waals surface area contributed by atoms with Gasteiger partial charge in [-0.1, -0.05) is 77.4 Å². The first-order chi connectivity index (χ1) is 24.5. The molecule has 0 amide bonds. The van der Waals surface area contributed by atoms with Crippen LogP contribution in [0, 0.1) is 23.6 Å². The van der Waals surface area contributed by atoms with E-state index < -0.39 is 10.0 Å². The Hall–Kier alpha value is -5.49. The van der Waals surface area contributed by atoms with Crippen LogP contribution in [0.5, 0.6) is 5.75 Å². The SMILES string of the molecule is CC.CC.CC.Cc1ccc(-c2oc3cc(N(C)S(C)(=O)=O)c(-c4ccc5c(n4)-c4cc6c(F)cccc6n4CO5)cc3c2C(=N)OC=N)cc1. The summed E-state index contributed by atoms with van der Waals surface area (Å²) in [6.07, 6.45) is 1.76. The highest BCUT2D eigenvalue weighted by Crippen LogP contribution is 2.44. The van der Waals surface area contributed by atoms with Crippen molar-refractivity contribution in [2.75, 3.05) is 17.6 Å². The van der Waals surface area contributed by atoms with Gasteiger partial charge in [-0.05, 0) is 43.3 Å². The third-order valence-corrected chi connectivity index (χ3v) is 9.17. The number of hydrogen-bond acceptors (Lipinski definition) is 8. The van der Waals surface area contributed by atoms with Gasteiger partial charge in [0, 0.05) is 35.0 Å². The summed E-state index contributed by atoms with van der Waals surface area (Å²) in [6, 6.07) is 20.9. The number of halogens is 1. The average Bonchev–Trinajstić information content (AvgIpc) is 3.73. The second-order valence-electron chi connectivity index (χ2n) is 10.8. The van der Waals surface area contributed by atoms with E-state index in [9.17, 15) is 12.8 Å². The fourth-order valence-electron chi connectivity index (χ4n) is 5.64. The molecule has 1 aliphatic heterocycles. The lowest BCUT2D eigenvalue weighted by Gasteiger charge is -2.23. The van der Waals surface area contributed by atoms with Crippen molar-refractivity contribution >= 4 is 49.9 Å². The van der Waals surface area contributed by atoms with Crippen LogP contribution in [-0.4, -0.2) is 43.6 Å². The van der Waals surface area contributed by atoms with Crippen LogP contribution in [0.3, 0.4) is 0 Å². The minimum Gasteiger partial charge on any atom is -0.470 e. The summed E-state index contributed by atoms with van der Waals surface area (Å²) in [6.45, 7) is 14.1. The number of sulfonamides is 1. The van der Waals surface area contributed by atoms with Crippen molar-refractivity contribution in [3.05, 3.63) is 89.7 Å². The summed E-state index contributed by atoms with van der Waals surface area (Å²) in [7, 11) is -2.29. The topological polar surface area (TPSA) is 135 Å². The Morgan fingerprint density at radius 2 is 1.67 bits per heavy atom. The molecule has 7 rings (SSSR count). The number of anilines is 1. The molecule has 10 nitrogen and oxygen atoms in total. The Morgan fingerprint density at radius 3 is 2.31 bits per heavy atom. The van der Waals surface area contributed by atoms with Crippen LogP contribution in [0.4, 0.5) is 10.1 Å². The van der Waals surface area contributed by atoms with E-state index in [1.807, 2.05) is 83.4 Å². The number of ether oxygens (including phenoxy) is 2. The number of pyridine rings is 1. The number of furan rings is 1. The van der Waals surface area contributed by atoms with Crippen molar-refractivity contribution in [1.82, 2.24) is 9.55 Å².